The molecule has 0 aliphatic carbocycles. The molecule has 2 N–H and O–H groups in total. The molecule has 1 aromatic rings. The van der Waals surface area contributed by atoms with E-state index in [2.05, 4.69) is 10.2 Å². The maximum Gasteiger partial charge on any atom is 0.289 e. The molecule has 0 radical (unpaired) electrons. The van der Waals surface area contributed by atoms with Gasteiger partial charge < -0.3 is 19.7 Å². The number of piperidine rings is 2. The quantitative estimate of drug-likeness (QED) is 0.838. The molecule has 3 aliphatic rings. The molecule has 2 atom stereocenters. The normalized spacial score (nSPS) is 30.0. The second kappa shape index (κ2) is 7.04. The first kappa shape index (κ1) is 17.5. The zero-order chi connectivity index (χ0) is 18.1. The third kappa shape index (κ3) is 3.14. The lowest BCUT2D eigenvalue weighted by atomic mass is 9.71. The summed E-state index contributed by atoms with van der Waals surface area (Å²) in [6.45, 7) is 4.22. The van der Waals surface area contributed by atoms with Gasteiger partial charge in [0.1, 0.15) is 5.76 Å². The molecule has 7 nitrogen and oxygen atoms in total. The Hall–Kier alpha value is -1.86. The molecule has 26 heavy (non-hydrogen) atoms. The average molecular weight is 361 g/mol. The molecule has 3 aliphatic heterocycles. The van der Waals surface area contributed by atoms with E-state index in [1.54, 1.807) is 11.0 Å². The van der Waals surface area contributed by atoms with Crippen LogP contribution in [0.2, 0.25) is 0 Å². The SMILES string of the molecule is O=C(c1ccc(CN2CCCC2)o1)N1CC[C@@H](O)[C@@]2(CCCNC2=O)C1. The number of hydrogen-bond acceptors (Lipinski definition) is 5. The average Bonchev–Trinajstić information content (AvgIpc) is 3.32. The highest BCUT2D eigenvalue weighted by Gasteiger charge is 2.50. The summed E-state index contributed by atoms with van der Waals surface area (Å²) in [5.41, 5.74) is -0.878. The van der Waals surface area contributed by atoms with Gasteiger partial charge in [-0.1, -0.05) is 0 Å². The van der Waals surface area contributed by atoms with Crippen molar-refractivity contribution in [2.75, 3.05) is 32.7 Å². The fraction of sp³-hybridized carbons (Fsp3) is 0.684. The van der Waals surface area contributed by atoms with E-state index < -0.39 is 11.5 Å². The fourth-order valence-electron chi connectivity index (χ4n) is 4.51. The van der Waals surface area contributed by atoms with Crippen molar-refractivity contribution in [2.24, 2.45) is 5.41 Å². The Bertz CT molecular complexity index is 682. The third-order valence-corrected chi connectivity index (χ3v) is 6.06. The number of carbonyl (C=O) groups excluding carboxylic acids is 2. The molecule has 0 aromatic carbocycles. The zero-order valence-electron chi connectivity index (χ0n) is 15.1. The van der Waals surface area contributed by atoms with E-state index >= 15 is 0 Å². The Kier molecular flexibility index (Phi) is 4.75. The summed E-state index contributed by atoms with van der Waals surface area (Å²) in [5.74, 6) is 0.796. The lowest BCUT2D eigenvalue weighted by Gasteiger charge is -2.46. The van der Waals surface area contributed by atoms with Crippen molar-refractivity contribution in [1.29, 1.82) is 0 Å². The minimum atomic E-state index is -0.878. The number of nitrogens with one attached hydrogen (secondary N) is 1. The number of likely N-dealkylation sites (tertiary alicyclic amines) is 2. The number of amides is 2. The first-order chi connectivity index (χ1) is 12.6. The van der Waals surface area contributed by atoms with Gasteiger partial charge in [0.05, 0.1) is 18.1 Å². The summed E-state index contributed by atoms with van der Waals surface area (Å²) < 4.78 is 5.79. The van der Waals surface area contributed by atoms with E-state index in [0.29, 0.717) is 31.7 Å². The Morgan fingerprint density at radius 1 is 1.27 bits per heavy atom. The van der Waals surface area contributed by atoms with Crippen LogP contribution in [-0.2, 0) is 11.3 Å². The summed E-state index contributed by atoms with van der Waals surface area (Å²) in [6.07, 6.45) is 3.59. The van der Waals surface area contributed by atoms with Crippen LogP contribution in [0, 0.1) is 5.41 Å². The standard InChI is InChI=1S/C19H27N3O4/c23-16-6-11-22(13-19(16)7-3-8-20-18(19)25)17(24)15-5-4-14(26-15)12-21-9-1-2-10-21/h4-5,16,23H,1-3,6-13H2,(H,20,25)/t16-,19-/m1/s1. The number of aliphatic hydroxyl groups is 1. The molecular weight excluding hydrogens is 334 g/mol. The van der Waals surface area contributed by atoms with Crippen molar-refractivity contribution in [3.05, 3.63) is 23.7 Å². The lowest BCUT2D eigenvalue weighted by molar-refractivity contribution is -0.147. The molecule has 142 valence electrons. The molecule has 4 rings (SSSR count). The van der Waals surface area contributed by atoms with E-state index in [-0.39, 0.29) is 18.4 Å². The predicted octanol–water partition coefficient (Wildman–Crippen LogP) is 0.979. The maximum atomic E-state index is 12.9. The number of carbonyl (C=O) groups is 2. The van der Waals surface area contributed by atoms with Crippen molar-refractivity contribution in [2.45, 2.75) is 44.8 Å². The molecule has 3 fully saturated rings. The van der Waals surface area contributed by atoms with Crippen molar-refractivity contribution in [3.63, 3.8) is 0 Å². The Balaban J connectivity index is 1.46. The van der Waals surface area contributed by atoms with Crippen LogP contribution in [0.1, 0.15) is 48.4 Å². The Morgan fingerprint density at radius 2 is 2.08 bits per heavy atom. The van der Waals surface area contributed by atoms with Crippen LogP contribution in [-0.4, -0.2) is 65.5 Å². The van der Waals surface area contributed by atoms with E-state index in [9.17, 15) is 14.7 Å². The van der Waals surface area contributed by atoms with Crippen molar-refractivity contribution in [1.82, 2.24) is 15.1 Å². The lowest BCUT2D eigenvalue weighted by Crippen LogP contribution is -2.62. The number of hydrogen-bond donors (Lipinski definition) is 2. The van der Waals surface area contributed by atoms with Gasteiger partial charge in [0, 0.05) is 19.6 Å². The van der Waals surface area contributed by atoms with Crippen LogP contribution in [0.5, 0.6) is 0 Å². The minimum Gasteiger partial charge on any atom is -0.455 e. The van der Waals surface area contributed by atoms with Gasteiger partial charge in [-0.15, -0.1) is 0 Å². The van der Waals surface area contributed by atoms with E-state index in [0.717, 1.165) is 31.8 Å². The van der Waals surface area contributed by atoms with Gasteiger partial charge in [0.2, 0.25) is 5.91 Å². The summed E-state index contributed by atoms with van der Waals surface area (Å²) in [4.78, 5) is 29.3. The smallest absolute Gasteiger partial charge is 0.289 e. The van der Waals surface area contributed by atoms with Crippen molar-refractivity contribution < 1.29 is 19.1 Å². The van der Waals surface area contributed by atoms with Crippen molar-refractivity contribution in [3.8, 4) is 0 Å². The molecule has 1 spiro atoms. The molecule has 3 saturated heterocycles. The molecule has 2 amide bonds. The molecule has 0 saturated carbocycles. The highest BCUT2D eigenvalue weighted by Crippen LogP contribution is 2.37. The molecule has 0 unspecified atom stereocenters. The summed E-state index contributed by atoms with van der Waals surface area (Å²) in [5, 5.41) is 13.3. The second-order valence-corrected chi connectivity index (χ2v) is 7.80. The fourth-order valence-corrected chi connectivity index (χ4v) is 4.51. The molecule has 4 heterocycles. The van der Waals surface area contributed by atoms with Gasteiger partial charge in [-0.3, -0.25) is 14.5 Å². The molecule has 0 bridgehead atoms. The van der Waals surface area contributed by atoms with E-state index in [1.807, 2.05) is 6.07 Å². The number of nitrogens with zero attached hydrogens (tertiary/aromatic N) is 2. The van der Waals surface area contributed by atoms with Gasteiger partial charge in [0.25, 0.3) is 5.91 Å². The van der Waals surface area contributed by atoms with Crippen LogP contribution < -0.4 is 5.32 Å². The second-order valence-electron chi connectivity index (χ2n) is 7.80. The zero-order valence-corrected chi connectivity index (χ0v) is 15.1. The highest BCUT2D eigenvalue weighted by atomic mass is 16.4. The monoisotopic (exact) mass is 361 g/mol. The van der Waals surface area contributed by atoms with Gasteiger partial charge in [0.15, 0.2) is 5.76 Å². The summed E-state index contributed by atoms with van der Waals surface area (Å²) >= 11 is 0. The van der Waals surface area contributed by atoms with Crippen LogP contribution in [0.4, 0.5) is 0 Å². The topological polar surface area (TPSA) is 86.0 Å². The third-order valence-electron chi connectivity index (χ3n) is 6.06. The molecule has 7 heteroatoms. The van der Waals surface area contributed by atoms with Gasteiger partial charge in [-0.05, 0) is 57.3 Å². The Morgan fingerprint density at radius 3 is 2.85 bits per heavy atom. The minimum absolute atomic E-state index is 0.136. The highest BCUT2D eigenvalue weighted by molar-refractivity contribution is 5.93. The summed E-state index contributed by atoms with van der Waals surface area (Å²) in [6, 6.07) is 3.60. The van der Waals surface area contributed by atoms with Crippen molar-refractivity contribution >= 4 is 11.8 Å². The Labute approximate surface area is 153 Å². The number of furan rings is 1. The predicted molar refractivity (Wildman–Crippen MR) is 94.4 cm³/mol. The van der Waals surface area contributed by atoms with E-state index in [4.69, 9.17) is 4.42 Å². The number of rotatable bonds is 3. The number of aliphatic hydroxyl groups excluding tert-OH is 1. The first-order valence-corrected chi connectivity index (χ1v) is 9.65. The van der Waals surface area contributed by atoms with Crippen LogP contribution in [0.3, 0.4) is 0 Å². The van der Waals surface area contributed by atoms with E-state index in [1.165, 1.54) is 12.8 Å². The summed E-state index contributed by atoms with van der Waals surface area (Å²) in [7, 11) is 0. The van der Waals surface area contributed by atoms with Gasteiger partial charge >= 0.3 is 0 Å². The maximum absolute atomic E-state index is 12.9. The first-order valence-electron chi connectivity index (χ1n) is 9.65. The van der Waals surface area contributed by atoms with Crippen LogP contribution in [0.25, 0.3) is 0 Å². The largest absolute Gasteiger partial charge is 0.455 e. The van der Waals surface area contributed by atoms with Crippen LogP contribution >= 0.6 is 0 Å². The van der Waals surface area contributed by atoms with Crippen LogP contribution in [0.15, 0.2) is 16.5 Å². The molecule has 1 aromatic heterocycles. The van der Waals surface area contributed by atoms with Gasteiger partial charge in [-0.2, -0.15) is 0 Å². The molecular formula is C19H27N3O4. The van der Waals surface area contributed by atoms with Gasteiger partial charge in [-0.25, -0.2) is 0 Å².